The van der Waals surface area contributed by atoms with Crippen molar-refractivity contribution in [1.82, 2.24) is 4.98 Å². The average Bonchev–Trinajstić information content (AvgIpc) is 3.26. The molecule has 0 aliphatic heterocycles. The van der Waals surface area contributed by atoms with Crippen molar-refractivity contribution in [3.63, 3.8) is 0 Å². The van der Waals surface area contributed by atoms with Crippen molar-refractivity contribution < 1.29 is 4.79 Å². The molecule has 0 radical (unpaired) electrons. The third kappa shape index (κ3) is 3.08. The summed E-state index contributed by atoms with van der Waals surface area (Å²) in [5.41, 5.74) is 1.65. The number of anilines is 3. The fraction of sp³-hybridized carbons (Fsp3) is 0.200. The van der Waals surface area contributed by atoms with Gasteiger partial charge < -0.3 is 10.6 Å². The minimum Gasteiger partial charge on any atom is -0.354 e. The van der Waals surface area contributed by atoms with Gasteiger partial charge in [0, 0.05) is 23.9 Å². The Morgan fingerprint density at radius 2 is 2.05 bits per heavy atom. The van der Waals surface area contributed by atoms with Gasteiger partial charge in [0.2, 0.25) is 5.91 Å². The van der Waals surface area contributed by atoms with Crippen LogP contribution in [0.25, 0.3) is 0 Å². The number of halogens is 1. The second kappa shape index (κ2) is 5.51. The lowest BCUT2D eigenvalue weighted by Crippen LogP contribution is -2.14. The molecular formula is C15H14ClN3O. The standard InChI is InChI=1S/C15H14ClN3O/c16-12-3-1-2-4-13(12)18-11-7-8-17-14(9-11)19-15(20)10-5-6-10/h1-4,7-10H,5-6H2,(H2,17,18,19,20). The molecule has 2 N–H and O–H groups in total. The van der Waals surface area contributed by atoms with E-state index in [9.17, 15) is 4.79 Å². The molecule has 1 saturated carbocycles. The van der Waals surface area contributed by atoms with Crippen LogP contribution in [0.2, 0.25) is 5.02 Å². The maximum atomic E-state index is 11.7. The summed E-state index contributed by atoms with van der Waals surface area (Å²) in [7, 11) is 0. The molecule has 1 aromatic heterocycles. The van der Waals surface area contributed by atoms with E-state index in [0.29, 0.717) is 10.8 Å². The summed E-state index contributed by atoms with van der Waals surface area (Å²) in [6.07, 6.45) is 3.61. The first-order valence-electron chi connectivity index (χ1n) is 6.51. The number of nitrogens with zero attached hydrogens (tertiary/aromatic N) is 1. The number of nitrogens with one attached hydrogen (secondary N) is 2. The molecule has 1 aromatic carbocycles. The van der Waals surface area contributed by atoms with E-state index in [1.54, 1.807) is 12.3 Å². The summed E-state index contributed by atoms with van der Waals surface area (Å²) >= 11 is 6.10. The SMILES string of the molecule is O=C(Nc1cc(Nc2ccccc2Cl)ccn1)C1CC1. The molecule has 102 valence electrons. The van der Waals surface area contributed by atoms with Gasteiger partial charge in [-0.05, 0) is 31.0 Å². The van der Waals surface area contributed by atoms with E-state index in [4.69, 9.17) is 11.6 Å². The number of benzene rings is 1. The highest BCUT2D eigenvalue weighted by molar-refractivity contribution is 6.33. The van der Waals surface area contributed by atoms with E-state index in [1.807, 2.05) is 30.3 Å². The second-order valence-corrected chi connectivity index (χ2v) is 5.21. The van der Waals surface area contributed by atoms with Gasteiger partial charge in [-0.1, -0.05) is 23.7 Å². The maximum absolute atomic E-state index is 11.7. The van der Waals surface area contributed by atoms with Crippen LogP contribution < -0.4 is 10.6 Å². The lowest BCUT2D eigenvalue weighted by atomic mass is 10.3. The summed E-state index contributed by atoms with van der Waals surface area (Å²) < 4.78 is 0. The molecule has 1 fully saturated rings. The fourth-order valence-corrected chi connectivity index (χ4v) is 2.05. The molecule has 0 bridgehead atoms. The van der Waals surface area contributed by atoms with Crippen molar-refractivity contribution in [3.8, 4) is 0 Å². The first-order chi connectivity index (χ1) is 9.72. The smallest absolute Gasteiger partial charge is 0.228 e. The van der Waals surface area contributed by atoms with Gasteiger partial charge >= 0.3 is 0 Å². The number of carbonyl (C=O) groups is 1. The lowest BCUT2D eigenvalue weighted by molar-refractivity contribution is -0.117. The van der Waals surface area contributed by atoms with Crippen molar-refractivity contribution in [2.45, 2.75) is 12.8 Å². The van der Waals surface area contributed by atoms with Crippen LogP contribution in [0.1, 0.15) is 12.8 Å². The lowest BCUT2D eigenvalue weighted by Gasteiger charge is -2.09. The highest BCUT2D eigenvalue weighted by Gasteiger charge is 2.29. The van der Waals surface area contributed by atoms with Crippen molar-refractivity contribution in [2.24, 2.45) is 5.92 Å². The molecule has 1 amide bonds. The van der Waals surface area contributed by atoms with Crippen LogP contribution in [0, 0.1) is 5.92 Å². The van der Waals surface area contributed by atoms with Crippen molar-refractivity contribution in [1.29, 1.82) is 0 Å². The average molecular weight is 288 g/mol. The van der Waals surface area contributed by atoms with Crippen LogP contribution in [0.15, 0.2) is 42.6 Å². The van der Waals surface area contributed by atoms with Gasteiger partial charge in [0.15, 0.2) is 0 Å². The van der Waals surface area contributed by atoms with Gasteiger partial charge in [-0.25, -0.2) is 4.98 Å². The molecule has 0 spiro atoms. The Hall–Kier alpha value is -2.07. The maximum Gasteiger partial charge on any atom is 0.228 e. The van der Waals surface area contributed by atoms with Crippen LogP contribution in [0.5, 0.6) is 0 Å². The van der Waals surface area contributed by atoms with Crippen LogP contribution in [0.3, 0.4) is 0 Å². The van der Waals surface area contributed by atoms with E-state index >= 15 is 0 Å². The first kappa shape index (κ1) is 12.9. The number of hydrogen-bond donors (Lipinski definition) is 2. The predicted molar refractivity (Wildman–Crippen MR) is 80.3 cm³/mol. The monoisotopic (exact) mass is 287 g/mol. The molecule has 1 heterocycles. The molecule has 1 aliphatic rings. The van der Waals surface area contributed by atoms with E-state index in [1.165, 1.54) is 0 Å². The number of amides is 1. The number of rotatable bonds is 4. The van der Waals surface area contributed by atoms with Crippen LogP contribution in [-0.4, -0.2) is 10.9 Å². The number of pyridine rings is 1. The summed E-state index contributed by atoms with van der Waals surface area (Å²) in [5, 5.41) is 6.68. The summed E-state index contributed by atoms with van der Waals surface area (Å²) in [4.78, 5) is 15.9. The molecular weight excluding hydrogens is 274 g/mol. The highest BCUT2D eigenvalue weighted by Crippen LogP contribution is 2.30. The molecule has 4 nitrogen and oxygen atoms in total. The van der Waals surface area contributed by atoms with Crippen LogP contribution >= 0.6 is 11.6 Å². The Labute approximate surface area is 122 Å². The van der Waals surface area contributed by atoms with Crippen molar-refractivity contribution in [2.75, 3.05) is 10.6 Å². The number of para-hydroxylation sites is 1. The van der Waals surface area contributed by atoms with Gasteiger partial charge in [0.05, 0.1) is 10.7 Å². The largest absolute Gasteiger partial charge is 0.354 e. The Bertz CT molecular complexity index is 641. The van der Waals surface area contributed by atoms with Gasteiger partial charge in [-0.15, -0.1) is 0 Å². The highest BCUT2D eigenvalue weighted by atomic mass is 35.5. The predicted octanol–water partition coefficient (Wildman–Crippen LogP) is 3.83. The van der Waals surface area contributed by atoms with E-state index < -0.39 is 0 Å². The van der Waals surface area contributed by atoms with E-state index in [2.05, 4.69) is 15.6 Å². The first-order valence-corrected chi connectivity index (χ1v) is 6.88. The van der Waals surface area contributed by atoms with Crippen molar-refractivity contribution in [3.05, 3.63) is 47.6 Å². The third-order valence-electron chi connectivity index (χ3n) is 3.11. The summed E-state index contributed by atoms with van der Waals surface area (Å²) in [6, 6.07) is 11.1. The molecule has 0 saturated heterocycles. The zero-order valence-electron chi connectivity index (χ0n) is 10.8. The van der Waals surface area contributed by atoms with Gasteiger partial charge in [0.25, 0.3) is 0 Å². The summed E-state index contributed by atoms with van der Waals surface area (Å²) in [5.74, 6) is 0.767. The quantitative estimate of drug-likeness (QED) is 0.898. The molecule has 2 aromatic rings. The molecule has 3 rings (SSSR count). The second-order valence-electron chi connectivity index (χ2n) is 4.80. The zero-order chi connectivity index (χ0) is 13.9. The normalized spacial score (nSPS) is 13.8. The van der Waals surface area contributed by atoms with Gasteiger partial charge in [0.1, 0.15) is 5.82 Å². The van der Waals surface area contributed by atoms with Crippen LogP contribution in [0.4, 0.5) is 17.2 Å². The zero-order valence-corrected chi connectivity index (χ0v) is 11.5. The van der Waals surface area contributed by atoms with Gasteiger partial charge in [-0.2, -0.15) is 0 Å². The minimum atomic E-state index is 0.0485. The third-order valence-corrected chi connectivity index (χ3v) is 3.44. The topological polar surface area (TPSA) is 54.0 Å². The minimum absolute atomic E-state index is 0.0485. The summed E-state index contributed by atoms with van der Waals surface area (Å²) in [6.45, 7) is 0. The molecule has 5 heteroatoms. The Morgan fingerprint density at radius 1 is 1.25 bits per heavy atom. The fourth-order valence-electron chi connectivity index (χ4n) is 1.87. The number of hydrogen-bond acceptors (Lipinski definition) is 3. The molecule has 0 atom stereocenters. The molecule has 20 heavy (non-hydrogen) atoms. The number of aromatic nitrogens is 1. The Balaban J connectivity index is 1.74. The molecule has 1 aliphatic carbocycles. The van der Waals surface area contributed by atoms with E-state index in [0.717, 1.165) is 24.2 Å². The van der Waals surface area contributed by atoms with Crippen molar-refractivity contribution >= 4 is 34.7 Å². The van der Waals surface area contributed by atoms with Gasteiger partial charge in [-0.3, -0.25) is 4.79 Å². The van der Waals surface area contributed by atoms with Crippen LogP contribution in [-0.2, 0) is 4.79 Å². The Kier molecular flexibility index (Phi) is 3.56. The number of carbonyl (C=O) groups excluding carboxylic acids is 1. The Morgan fingerprint density at radius 3 is 2.80 bits per heavy atom. The van der Waals surface area contributed by atoms with E-state index in [-0.39, 0.29) is 11.8 Å². The molecule has 0 unspecified atom stereocenters.